The van der Waals surface area contributed by atoms with Crippen molar-refractivity contribution in [1.29, 1.82) is 0 Å². The van der Waals surface area contributed by atoms with Crippen molar-refractivity contribution in [3.63, 3.8) is 0 Å². The van der Waals surface area contributed by atoms with Gasteiger partial charge in [0.05, 0.1) is 0 Å². The minimum atomic E-state index is -2.44. The van der Waals surface area contributed by atoms with E-state index in [2.05, 4.69) is 11.9 Å². The molecule has 0 fully saturated rings. The van der Waals surface area contributed by atoms with Crippen LogP contribution in [0.15, 0.2) is 0 Å². The maximum atomic E-state index is 5.42. The maximum Gasteiger partial charge on any atom is 0.500 e. The van der Waals surface area contributed by atoms with Crippen molar-refractivity contribution in [1.82, 2.24) is 4.90 Å². The van der Waals surface area contributed by atoms with Gasteiger partial charge >= 0.3 is 17.6 Å². The summed E-state index contributed by atoms with van der Waals surface area (Å²) in [6.45, 7) is 1.93. The fourth-order valence-electron chi connectivity index (χ4n) is 2.36. The van der Waals surface area contributed by atoms with Gasteiger partial charge < -0.3 is 31.5 Å². The normalized spacial score (nSPS) is 13.1. The van der Waals surface area contributed by atoms with Crippen LogP contribution < -0.4 is 0 Å². The molecule has 0 aliphatic rings. The van der Waals surface area contributed by atoms with Crippen LogP contribution in [0.1, 0.15) is 12.8 Å². The molecular formula is C13H33NO6Si2. The molecule has 0 saturated heterocycles. The van der Waals surface area contributed by atoms with Crippen molar-refractivity contribution in [3.05, 3.63) is 0 Å². The van der Waals surface area contributed by atoms with Crippen molar-refractivity contribution >= 4 is 17.6 Å². The molecule has 0 saturated carbocycles. The van der Waals surface area contributed by atoms with Gasteiger partial charge in [-0.05, 0) is 33.0 Å². The molecule has 0 unspecified atom stereocenters. The molecule has 9 heteroatoms. The first-order valence-electron chi connectivity index (χ1n) is 7.46. The van der Waals surface area contributed by atoms with Crippen molar-refractivity contribution in [2.24, 2.45) is 0 Å². The molecule has 0 bridgehead atoms. The molecule has 0 atom stereocenters. The van der Waals surface area contributed by atoms with E-state index in [1.165, 1.54) is 0 Å². The van der Waals surface area contributed by atoms with Crippen LogP contribution in [-0.4, -0.2) is 85.3 Å². The van der Waals surface area contributed by atoms with Crippen molar-refractivity contribution in [2.75, 3.05) is 62.8 Å². The van der Waals surface area contributed by atoms with Crippen LogP contribution in [0, 0.1) is 0 Å². The van der Waals surface area contributed by atoms with Crippen LogP contribution in [0.2, 0.25) is 12.1 Å². The van der Waals surface area contributed by atoms with Gasteiger partial charge in [-0.15, -0.1) is 0 Å². The summed E-state index contributed by atoms with van der Waals surface area (Å²) in [6.07, 6.45) is 1.94. The van der Waals surface area contributed by atoms with E-state index >= 15 is 0 Å². The Hall–Kier alpha value is 0.154. The van der Waals surface area contributed by atoms with Crippen LogP contribution in [0.4, 0.5) is 0 Å². The van der Waals surface area contributed by atoms with Gasteiger partial charge in [0, 0.05) is 54.7 Å². The Kier molecular flexibility index (Phi) is 11.7. The van der Waals surface area contributed by atoms with Crippen molar-refractivity contribution < 1.29 is 26.6 Å². The fraction of sp³-hybridized carbons (Fsp3) is 1.00. The maximum absolute atomic E-state index is 5.42. The van der Waals surface area contributed by atoms with Crippen molar-refractivity contribution in [3.8, 4) is 0 Å². The number of nitrogens with zero attached hydrogens (tertiary/aromatic N) is 1. The molecule has 0 radical (unpaired) electrons. The molecule has 0 amide bonds. The summed E-state index contributed by atoms with van der Waals surface area (Å²) in [7, 11) is 7.09. The van der Waals surface area contributed by atoms with Gasteiger partial charge in [-0.2, -0.15) is 0 Å². The van der Waals surface area contributed by atoms with E-state index in [1.807, 2.05) is 0 Å². The van der Waals surface area contributed by atoms with E-state index in [4.69, 9.17) is 26.6 Å². The molecule has 0 N–H and O–H groups in total. The topological polar surface area (TPSA) is 58.6 Å². The molecule has 0 aromatic carbocycles. The average molecular weight is 356 g/mol. The molecule has 22 heavy (non-hydrogen) atoms. The van der Waals surface area contributed by atoms with E-state index in [0.717, 1.165) is 38.0 Å². The SMILES string of the molecule is CO[Si](CCCN(C)CCC[Si](OC)(OC)OC)(OC)OC. The molecule has 0 aliphatic heterocycles. The first kappa shape index (κ1) is 22.2. The van der Waals surface area contributed by atoms with Gasteiger partial charge in [-0.1, -0.05) is 0 Å². The van der Waals surface area contributed by atoms with Gasteiger partial charge in [0.15, 0.2) is 0 Å². The van der Waals surface area contributed by atoms with Crippen molar-refractivity contribution in [2.45, 2.75) is 24.9 Å². The number of hydrogen-bond donors (Lipinski definition) is 0. The second kappa shape index (κ2) is 11.7. The lowest BCUT2D eigenvalue weighted by molar-refractivity contribution is 0.120. The Morgan fingerprint density at radius 2 is 0.864 bits per heavy atom. The van der Waals surface area contributed by atoms with E-state index in [1.54, 1.807) is 42.7 Å². The van der Waals surface area contributed by atoms with E-state index in [0.29, 0.717) is 0 Å². The highest BCUT2D eigenvalue weighted by molar-refractivity contribution is 6.60. The zero-order chi connectivity index (χ0) is 17.1. The standard InChI is InChI=1S/C13H33NO6Si2/c1-14(10-8-12-21(15-2,16-3)17-4)11-9-13-22(18-5,19-6)20-7/h8-13H2,1-7H3. The Balaban J connectivity index is 4.03. The quantitative estimate of drug-likeness (QED) is 0.437. The predicted molar refractivity (Wildman–Crippen MR) is 89.9 cm³/mol. The predicted octanol–water partition coefficient (Wildman–Crippen LogP) is 1.45. The van der Waals surface area contributed by atoms with Gasteiger partial charge in [0.1, 0.15) is 0 Å². The van der Waals surface area contributed by atoms with E-state index in [-0.39, 0.29) is 0 Å². The van der Waals surface area contributed by atoms with Crippen LogP contribution in [0.5, 0.6) is 0 Å². The van der Waals surface area contributed by atoms with Crippen LogP contribution >= 0.6 is 0 Å². The second-order valence-corrected chi connectivity index (χ2v) is 11.3. The average Bonchev–Trinajstić information content (AvgIpc) is 2.56. The highest BCUT2D eigenvalue weighted by atomic mass is 28.4. The van der Waals surface area contributed by atoms with Gasteiger partial charge in [0.2, 0.25) is 0 Å². The lowest BCUT2D eigenvalue weighted by atomic mass is 10.4. The summed E-state index contributed by atoms with van der Waals surface area (Å²) < 4.78 is 32.5. The summed E-state index contributed by atoms with van der Waals surface area (Å²) in [5, 5.41) is 0. The molecule has 0 heterocycles. The van der Waals surface area contributed by atoms with E-state index in [9.17, 15) is 0 Å². The lowest BCUT2D eigenvalue weighted by Gasteiger charge is -2.26. The summed E-state index contributed by atoms with van der Waals surface area (Å²) in [6, 6.07) is 1.63. The first-order valence-corrected chi connectivity index (χ1v) is 11.3. The Morgan fingerprint density at radius 3 is 1.09 bits per heavy atom. The summed E-state index contributed by atoms with van der Waals surface area (Å²) in [5.74, 6) is 0. The van der Waals surface area contributed by atoms with Crippen LogP contribution in [-0.2, 0) is 26.6 Å². The number of hydrogen-bond acceptors (Lipinski definition) is 7. The highest BCUT2D eigenvalue weighted by Gasteiger charge is 2.38. The smallest absolute Gasteiger partial charge is 0.377 e. The van der Waals surface area contributed by atoms with Gasteiger partial charge in [-0.25, -0.2) is 0 Å². The lowest BCUT2D eigenvalue weighted by Crippen LogP contribution is -2.43. The number of rotatable bonds is 14. The molecule has 0 rings (SSSR count). The Morgan fingerprint density at radius 1 is 0.591 bits per heavy atom. The third-order valence-corrected chi connectivity index (χ3v) is 9.58. The summed E-state index contributed by atoms with van der Waals surface area (Å²) >= 11 is 0. The van der Waals surface area contributed by atoms with Crippen LogP contribution in [0.3, 0.4) is 0 Å². The largest absolute Gasteiger partial charge is 0.500 e. The Labute approximate surface area is 137 Å². The van der Waals surface area contributed by atoms with Gasteiger partial charge in [-0.3, -0.25) is 0 Å². The molecule has 0 aromatic rings. The fourth-order valence-corrected chi connectivity index (χ4v) is 5.76. The molecule has 0 spiro atoms. The second-order valence-electron chi connectivity index (χ2n) is 5.10. The van der Waals surface area contributed by atoms with Gasteiger partial charge in [0.25, 0.3) is 0 Å². The molecule has 7 nitrogen and oxygen atoms in total. The zero-order valence-electron chi connectivity index (χ0n) is 15.1. The molecule has 134 valence electrons. The summed E-state index contributed by atoms with van der Waals surface area (Å²) in [4.78, 5) is 2.28. The highest BCUT2D eigenvalue weighted by Crippen LogP contribution is 2.17. The molecular weight excluding hydrogens is 322 g/mol. The third kappa shape index (κ3) is 7.15. The van der Waals surface area contributed by atoms with Crippen LogP contribution in [0.25, 0.3) is 0 Å². The van der Waals surface area contributed by atoms with E-state index < -0.39 is 17.6 Å². The Bertz CT molecular complexity index is 235. The molecule has 0 aromatic heterocycles. The summed E-state index contributed by atoms with van der Waals surface area (Å²) in [5.41, 5.74) is 0. The monoisotopic (exact) mass is 355 g/mol. The first-order chi connectivity index (χ1) is 10.5. The minimum Gasteiger partial charge on any atom is -0.377 e. The minimum absolute atomic E-state index is 0.813. The molecule has 0 aliphatic carbocycles. The zero-order valence-corrected chi connectivity index (χ0v) is 17.1. The third-order valence-electron chi connectivity index (χ3n) is 3.91.